The Labute approximate surface area is 181 Å². The van der Waals surface area contributed by atoms with Crippen molar-refractivity contribution in [2.45, 2.75) is 6.54 Å². The molecule has 1 saturated heterocycles. The standard InChI is InChI=1S/C22H28ClN7/c1-28-9-11-29(12-10-28)13-14-30-22(25)18(21(27-30)17-7-8-26-15-17)19(23)20(24)16-5-3-2-4-6-16/h2-8,15,26H,9-14,24-25H2,1H3/b20-19+. The number of piperazine rings is 1. The lowest BCUT2D eigenvalue weighted by Crippen LogP contribution is -2.45. The summed E-state index contributed by atoms with van der Waals surface area (Å²) in [6, 6.07) is 11.6. The van der Waals surface area contributed by atoms with Crippen molar-refractivity contribution in [3.8, 4) is 11.3 Å². The number of nitrogens with two attached hydrogens (primary N) is 2. The molecule has 1 aliphatic heterocycles. The van der Waals surface area contributed by atoms with Gasteiger partial charge >= 0.3 is 0 Å². The molecule has 2 aromatic heterocycles. The number of aromatic nitrogens is 3. The Balaban J connectivity index is 1.67. The van der Waals surface area contributed by atoms with Crippen LogP contribution < -0.4 is 11.5 Å². The van der Waals surface area contributed by atoms with E-state index in [9.17, 15) is 0 Å². The van der Waals surface area contributed by atoms with Crippen molar-refractivity contribution in [1.82, 2.24) is 24.6 Å². The molecule has 158 valence electrons. The van der Waals surface area contributed by atoms with E-state index >= 15 is 0 Å². The average Bonchev–Trinajstić information content (AvgIpc) is 3.41. The average molecular weight is 426 g/mol. The van der Waals surface area contributed by atoms with Gasteiger partial charge in [0, 0.05) is 50.7 Å². The smallest absolute Gasteiger partial charge is 0.131 e. The van der Waals surface area contributed by atoms with E-state index in [4.69, 9.17) is 28.2 Å². The van der Waals surface area contributed by atoms with E-state index in [1.165, 1.54) is 0 Å². The molecule has 0 unspecified atom stereocenters. The van der Waals surface area contributed by atoms with Crippen LogP contribution in [0.2, 0.25) is 0 Å². The van der Waals surface area contributed by atoms with Gasteiger partial charge in [-0.1, -0.05) is 41.9 Å². The topological polar surface area (TPSA) is 92.1 Å². The minimum absolute atomic E-state index is 0.417. The van der Waals surface area contributed by atoms with Crippen LogP contribution in [0.25, 0.3) is 22.0 Å². The van der Waals surface area contributed by atoms with Crippen LogP contribution in [-0.4, -0.2) is 64.3 Å². The molecule has 0 radical (unpaired) electrons. The Bertz CT molecular complexity index is 1000. The lowest BCUT2D eigenvalue weighted by molar-refractivity contribution is 0.149. The van der Waals surface area contributed by atoms with Crippen LogP contribution in [0.1, 0.15) is 11.1 Å². The number of nitrogen functional groups attached to an aromatic ring is 1. The Morgan fingerprint density at radius 3 is 2.50 bits per heavy atom. The van der Waals surface area contributed by atoms with Gasteiger partial charge in [0.05, 0.1) is 22.8 Å². The van der Waals surface area contributed by atoms with E-state index in [0.717, 1.165) is 49.5 Å². The first-order valence-corrected chi connectivity index (χ1v) is 10.5. The van der Waals surface area contributed by atoms with Gasteiger partial charge in [-0.25, -0.2) is 4.68 Å². The molecule has 1 fully saturated rings. The van der Waals surface area contributed by atoms with Gasteiger partial charge in [-0.05, 0) is 18.7 Å². The fourth-order valence-corrected chi connectivity index (χ4v) is 4.02. The van der Waals surface area contributed by atoms with E-state index in [2.05, 4.69) is 21.8 Å². The summed E-state index contributed by atoms with van der Waals surface area (Å²) >= 11 is 6.79. The number of H-pyrrole nitrogens is 1. The summed E-state index contributed by atoms with van der Waals surface area (Å²) in [5.74, 6) is 0.532. The molecule has 5 N–H and O–H groups in total. The highest BCUT2D eigenvalue weighted by Crippen LogP contribution is 2.37. The van der Waals surface area contributed by atoms with Crippen molar-refractivity contribution in [2.75, 3.05) is 45.5 Å². The second-order valence-electron chi connectivity index (χ2n) is 7.67. The molecule has 3 heterocycles. The van der Waals surface area contributed by atoms with Crippen LogP contribution in [0.4, 0.5) is 5.82 Å². The van der Waals surface area contributed by atoms with E-state index in [1.807, 2.05) is 53.5 Å². The predicted molar refractivity (Wildman–Crippen MR) is 124 cm³/mol. The van der Waals surface area contributed by atoms with Gasteiger partial charge in [0.2, 0.25) is 0 Å². The monoisotopic (exact) mass is 425 g/mol. The van der Waals surface area contributed by atoms with E-state index in [1.54, 1.807) is 0 Å². The first-order valence-electron chi connectivity index (χ1n) is 10.2. The van der Waals surface area contributed by atoms with Crippen molar-refractivity contribution in [3.05, 3.63) is 59.9 Å². The SMILES string of the molecule is CN1CCN(CCn2nc(-c3cc[nH]c3)c(/C(Cl)=C(\N)c3ccccc3)c2N)CC1. The van der Waals surface area contributed by atoms with Crippen molar-refractivity contribution in [3.63, 3.8) is 0 Å². The first kappa shape index (κ1) is 20.5. The number of benzene rings is 1. The predicted octanol–water partition coefficient (Wildman–Crippen LogP) is 2.73. The van der Waals surface area contributed by atoms with Crippen molar-refractivity contribution < 1.29 is 0 Å². The number of aromatic amines is 1. The van der Waals surface area contributed by atoms with E-state index in [-0.39, 0.29) is 0 Å². The van der Waals surface area contributed by atoms with Gasteiger partial charge in [0.1, 0.15) is 11.5 Å². The van der Waals surface area contributed by atoms with Crippen LogP contribution in [0.5, 0.6) is 0 Å². The third-order valence-corrected chi connectivity index (χ3v) is 6.02. The van der Waals surface area contributed by atoms with Gasteiger partial charge in [0.25, 0.3) is 0 Å². The second-order valence-corrected chi connectivity index (χ2v) is 8.05. The minimum atomic E-state index is 0.417. The van der Waals surface area contributed by atoms with Crippen LogP contribution in [0.15, 0.2) is 48.8 Å². The number of hydrogen-bond donors (Lipinski definition) is 3. The van der Waals surface area contributed by atoms with Gasteiger partial charge in [-0.15, -0.1) is 0 Å². The first-order chi connectivity index (χ1) is 14.5. The number of nitrogens with zero attached hydrogens (tertiary/aromatic N) is 4. The Hall–Kier alpha value is -2.74. The molecule has 4 rings (SSSR count). The van der Waals surface area contributed by atoms with Gasteiger partial charge in [0.15, 0.2) is 0 Å². The molecule has 0 aliphatic carbocycles. The molecular formula is C22H28ClN7. The summed E-state index contributed by atoms with van der Waals surface area (Å²) < 4.78 is 1.84. The molecule has 1 aromatic carbocycles. The largest absolute Gasteiger partial charge is 0.397 e. The Kier molecular flexibility index (Phi) is 6.13. The fourth-order valence-electron chi connectivity index (χ4n) is 3.72. The van der Waals surface area contributed by atoms with E-state index in [0.29, 0.717) is 28.7 Å². The van der Waals surface area contributed by atoms with Gasteiger partial charge in [-0.3, -0.25) is 4.90 Å². The van der Waals surface area contributed by atoms with Crippen molar-refractivity contribution in [1.29, 1.82) is 0 Å². The second kappa shape index (κ2) is 8.95. The summed E-state index contributed by atoms with van der Waals surface area (Å²) in [5, 5.41) is 5.23. The number of likely N-dealkylation sites (N-methyl/N-ethyl adjacent to an activating group) is 1. The molecule has 8 heteroatoms. The molecule has 7 nitrogen and oxygen atoms in total. The summed E-state index contributed by atoms with van der Waals surface area (Å²) in [5.41, 5.74) is 16.6. The molecule has 0 spiro atoms. The number of rotatable bonds is 6. The quantitative estimate of drug-likeness (QED) is 0.564. The molecule has 3 aromatic rings. The number of halogens is 1. The highest BCUT2D eigenvalue weighted by molar-refractivity contribution is 6.53. The lowest BCUT2D eigenvalue weighted by Gasteiger charge is -2.32. The summed E-state index contributed by atoms with van der Waals surface area (Å²) in [7, 11) is 2.16. The summed E-state index contributed by atoms with van der Waals surface area (Å²) in [6.07, 6.45) is 3.75. The maximum atomic E-state index is 6.79. The Morgan fingerprint density at radius 1 is 1.10 bits per heavy atom. The summed E-state index contributed by atoms with van der Waals surface area (Å²) in [4.78, 5) is 7.86. The number of anilines is 1. The summed E-state index contributed by atoms with van der Waals surface area (Å²) in [6.45, 7) is 5.85. The van der Waals surface area contributed by atoms with Crippen LogP contribution in [-0.2, 0) is 6.54 Å². The van der Waals surface area contributed by atoms with Gasteiger partial charge in [-0.2, -0.15) is 5.10 Å². The third-order valence-electron chi connectivity index (χ3n) is 5.63. The molecule has 0 atom stereocenters. The van der Waals surface area contributed by atoms with Crippen molar-refractivity contribution >= 4 is 28.1 Å². The maximum absolute atomic E-state index is 6.79. The molecular weight excluding hydrogens is 398 g/mol. The number of nitrogens with one attached hydrogen (secondary N) is 1. The fraction of sp³-hybridized carbons (Fsp3) is 0.318. The van der Waals surface area contributed by atoms with Crippen molar-refractivity contribution in [2.24, 2.45) is 5.73 Å². The molecule has 30 heavy (non-hydrogen) atoms. The minimum Gasteiger partial charge on any atom is -0.397 e. The highest BCUT2D eigenvalue weighted by atomic mass is 35.5. The molecule has 0 amide bonds. The van der Waals surface area contributed by atoms with Gasteiger partial charge < -0.3 is 21.4 Å². The zero-order valence-corrected chi connectivity index (χ0v) is 17.9. The third kappa shape index (κ3) is 4.23. The van der Waals surface area contributed by atoms with Crippen LogP contribution in [0, 0.1) is 0 Å². The van der Waals surface area contributed by atoms with E-state index < -0.39 is 0 Å². The lowest BCUT2D eigenvalue weighted by atomic mass is 10.1. The number of hydrogen-bond acceptors (Lipinski definition) is 5. The van der Waals surface area contributed by atoms with Crippen LogP contribution >= 0.6 is 11.6 Å². The highest BCUT2D eigenvalue weighted by Gasteiger charge is 2.23. The molecule has 0 saturated carbocycles. The maximum Gasteiger partial charge on any atom is 0.131 e. The van der Waals surface area contributed by atoms with Crippen LogP contribution in [0.3, 0.4) is 0 Å². The molecule has 0 bridgehead atoms. The zero-order chi connectivity index (χ0) is 21.1. The normalized spacial score (nSPS) is 16.6. The zero-order valence-electron chi connectivity index (χ0n) is 17.2. The Morgan fingerprint density at radius 2 is 1.83 bits per heavy atom. The molecule has 1 aliphatic rings.